The Morgan fingerprint density at radius 2 is 1.81 bits per heavy atom. The van der Waals surface area contributed by atoms with Crippen LogP contribution in [0.5, 0.6) is 0 Å². The lowest BCUT2D eigenvalue weighted by Crippen LogP contribution is -2.26. The predicted molar refractivity (Wildman–Crippen MR) is 67.9 cm³/mol. The van der Waals surface area contributed by atoms with Gasteiger partial charge in [-0.3, -0.25) is 0 Å². The molecule has 0 bridgehead atoms. The summed E-state index contributed by atoms with van der Waals surface area (Å²) < 4.78 is 0. The van der Waals surface area contributed by atoms with Crippen LogP contribution in [0.15, 0.2) is 28.4 Å². The molecule has 1 aromatic carbocycles. The van der Waals surface area contributed by atoms with Gasteiger partial charge in [0.1, 0.15) is 5.84 Å². The van der Waals surface area contributed by atoms with Crippen molar-refractivity contribution >= 4 is 11.5 Å². The zero-order chi connectivity index (χ0) is 11.7. The molecule has 0 spiro atoms. The molecule has 0 saturated heterocycles. The maximum atomic E-state index is 5.68. The number of aryl methyl sites for hydroxylation is 2. The fourth-order valence-corrected chi connectivity index (χ4v) is 2.18. The van der Waals surface area contributed by atoms with Crippen molar-refractivity contribution in [3.05, 3.63) is 34.9 Å². The number of hydrogen-bond donors (Lipinski definition) is 1. The second kappa shape index (κ2) is 4.08. The first kappa shape index (κ1) is 10.9. The number of amidine groups is 1. The highest BCUT2D eigenvalue weighted by Crippen LogP contribution is 2.22. The largest absolute Gasteiger partial charge is 0.386 e. The van der Waals surface area contributed by atoms with E-state index in [2.05, 4.69) is 49.2 Å². The zero-order valence-electron chi connectivity index (χ0n) is 9.99. The maximum Gasteiger partial charge on any atom is 0.123 e. The molecule has 3 heteroatoms. The lowest BCUT2D eigenvalue weighted by Gasteiger charge is -2.20. The number of hydrogen-bond acceptors (Lipinski definition) is 3. The van der Waals surface area contributed by atoms with Crippen molar-refractivity contribution in [3.8, 4) is 0 Å². The summed E-state index contributed by atoms with van der Waals surface area (Å²) in [6.07, 6.45) is 0.798. The van der Waals surface area contributed by atoms with Crippen LogP contribution in [0.25, 0.3) is 0 Å². The molecular formula is C13H17N3. The topological polar surface area (TPSA) is 50.7 Å². The Balaban J connectivity index is 2.52. The first-order chi connectivity index (χ1) is 7.59. The van der Waals surface area contributed by atoms with Gasteiger partial charge in [0.15, 0.2) is 0 Å². The Kier molecular flexibility index (Phi) is 2.77. The van der Waals surface area contributed by atoms with Crippen LogP contribution in [0.1, 0.15) is 30.0 Å². The molecule has 2 N–H and O–H groups in total. The summed E-state index contributed by atoms with van der Waals surface area (Å²) in [5.41, 5.74) is 10.5. The molecule has 0 fully saturated rings. The van der Waals surface area contributed by atoms with Crippen LogP contribution in [0.3, 0.4) is 0 Å². The van der Waals surface area contributed by atoms with Gasteiger partial charge in [-0.05, 0) is 25.0 Å². The van der Waals surface area contributed by atoms with Crippen LogP contribution < -0.4 is 5.73 Å². The molecule has 0 aliphatic carbocycles. The van der Waals surface area contributed by atoms with Crippen LogP contribution in [-0.4, -0.2) is 11.5 Å². The summed E-state index contributed by atoms with van der Waals surface area (Å²) >= 11 is 0. The SMILES string of the molecule is Cc1cccc(C)c1C1=NN=C(N)CC1C. The van der Waals surface area contributed by atoms with E-state index in [1.54, 1.807) is 0 Å². The van der Waals surface area contributed by atoms with Crippen LogP contribution >= 0.6 is 0 Å². The van der Waals surface area contributed by atoms with Crippen molar-refractivity contribution in [2.24, 2.45) is 21.9 Å². The molecule has 1 aliphatic rings. The van der Waals surface area contributed by atoms with Crippen molar-refractivity contribution < 1.29 is 0 Å². The molecule has 84 valence electrons. The summed E-state index contributed by atoms with van der Waals surface area (Å²) in [5.74, 6) is 0.972. The molecule has 1 atom stereocenters. The first-order valence-electron chi connectivity index (χ1n) is 5.56. The molecule has 0 aromatic heterocycles. The van der Waals surface area contributed by atoms with Gasteiger partial charge in [0.25, 0.3) is 0 Å². The Bertz CT molecular complexity index is 452. The van der Waals surface area contributed by atoms with Crippen molar-refractivity contribution in [1.82, 2.24) is 0 Å². The smallest absolute Gasteiger partial charge is 0.123 e. The monoisotopic (exact) mass is 215 g/mol. The molecule has 0 radical (unpaired) electrons. The van der Waals surface area contributed by atoms with E-state index < -0.39 is 0 Å². The quantitative estimate of drug-likeness (QED) is 0.768. The average molecular weight is 215 g/mol. The van der Waals surface area contributed by atoms with Crippen molar-refractivity contribution in [2.45, 2.75) is 27.2 Å². The van der Waals surface area contributed by atoms with Crippen molar-refractivity contribution in [3.63, 3.8) is 0 Å². The van der Waals surface area contributed by atoms with Gasteiger partial charge in [-0.1, -0.05) is 25.1 Å². The van der Waals surface area contributed by atoms with Gasteiger partial charge in [0.05, 0.1) is 5.71 Å². The molecule has 16 heavy (non-hydrogen) atoms. The van der Waals surface area contributed by atoms with E-state index in [4.69, 9.17) is 5.73 Å². The highest BCUT2D eigenvalue weighted by molar-refractivity contribution is 6.07. The third kappa shape index (κ3) is 1.85. The van der Waals surface area contributed by atoms with E-state index in [0.717, 1.165) is 12.1 Å². The number of nitrogens with zero attached hydrogens (tertiary/aromatic N) is 2. The maximum absolute atomic E-state index is 5.68. The number of benzene rings is 1. The summed E-state index contributed by atoms with van der Waals surface area (Å²) in [6, 6.07) is 6.29. The normalized spacial score (nSPS) is 20.3. The van der Waals surface area contributed by atoms with Crippen LogP contribution in [0.2, 0.25) is 0 Å². The Hall–Kier alpha value is -1.64. The molecule has 0 saturated carbocycles. The zero-order valence-corrected chi connectivity index (χ0v) is 9.99. The lowest BCUT2D eigenvalue weighted by atomic mass is 9.89. The Morgan fingerprint density at radius 3 is 2.38 bits per heavy atom. The third-order valence-electron chi connectivity index (χ3n) is 3.01. The van der Waals surface area contributed by atoms with Crippen LogP contribution in [0, 0.1) is 19.8 Å². The minimum Gasteiger partial charge on any atom is -0.386 e. The van der Waals surface area contributed by atoms with Crippen LogP contribution in [0.4, 0.5) is 0 Å². The van der Waals surface area contributed by atoms with E-state index in [1.165, 1.54) is 16.7 Å². The molecule has 0 amide bonds. The predicted octanol–water partition coefficient (Wildman–Crippen LogP) is 2.40. The molecule has 1 unspecified atom stereocenters. The minimum absolute atomic E-state index is 0.345. The van der Waals surface area contributed by atoms with E-state index in [1.807, 2.05) is 0 Å². The van der Waals surface area contributed by atoms with Gasteiger partial charge >= 0.3 is 0 Å². The molecular weight excluding hydrogens is 198 g/mol. The van der Waals surface area contributed by atoms with Crippen LogP contribution in [-0.2, 0) is 0 Å². The lowest BCUT2D eigenvalue weighted by molar-refractivity contribution is 0.782. The van der Waals surface area contributed by atoms with E-state index in [-0.39, 0.29) is 0 Å². The Labute approximate surface area is 96.1 Å². The molecule has 3 nitrogen and oxygen atoms in total. The van der Waals surface area contributed by atoms with Crippen molar-refractivity contribution in [1.29, 1.82) is 0 Å². The molecule has 2 rings (SSSR count). The van der Waals surface area contributed by atoms with Gasteiger partial charge in [0.2, 0.25) is 0 Å². The average Bonchev–Trinajstić information content (AvgIpc) is 2.20. The van der Waals surface area contributed by atoms with Gasteiger partial charge in [0, 0.05) is 17.9 Å². The standard InChI is InChI=1S/C13H17N3/c1-8-5-4-6-9(2)12(8)13-10(3)7-11(14)15-16-13/h4-6,10H,7H2,1-3H3,(H2,14,15). The van der Waals surface area contributed by atoms with Gasteiger partial charge in [-0.25, -0.2) is 0 Å². The molecule has 1 aliphatic heterocycles. The first-order valence-corrected chi connectivity index (χ1v) is 5.56. The van der Waals surface area contributed by atoms with Gasteiger partial charge in [-0.2, -0.15) is 5.10 Å². The second-order valence-electron chi connectivity index (χ2n) is 4.45. The molecule has 1 heterocycles. The summed E-state index contributed by atoms with van der Waals surface area (Å²) in [7, 11) is 0. The highest BCUT2D eigenvalue weighted by Gasteiger charge is 2.21. The van der Waals surface area contributed by atoms with E-state index >= 15 is 0 Å². The van der Waals surface area contributed by atoms with Gasteiger partial charge in [-0.15, -0.1) is 5.10 Å². The molecule has 1 aromatic rings. The van der Waals surface area contributed by atoms with Crippen molar-refractivity contribution in [2.75, 3.05) is 0 Å². The number of nitrogens with two attached hydrogens (primary N) is 1. The highest BCUT2D eigenvalue weighted by atomic mass is 15.2. The fraction of sp³-hybridized carbons (Fsp3) is 0.385. The van der Waals surface area contributed by atoms with Gasteiger partial charge < -0.3 is 5.73 Å². The third-order valence-corrected chi connectivity index (χ3v) is 3.01. The summed E-state index contributed by atoms with van der Waals surface area (Å²) in [6.45, 7) is 6.37. The fourth-order valence-electron chi connectivity index (χ4n) is 2.18. The summed E-state index contributed by atoms with van der Waals surface area (Å²) in [4.78, 5) is 0. The number of rotatable bonds is 1. The summed E-state index contributed by atoms with van der Waals surface area (Å²) in [5, 5.41) is 8.27. The Morgan fingerprint density at radius 1 is 1.19 bits per heavy atom. The van der Waals surface area contributed by atoms with E-state index in [0.29, 0.717) is 11.8 Å². The van der Waals surface area contributed by atoms with E-state index in [9.17, 15) is 0 Å². The minimum atomic E-state index is 0.345. The second-order valence-corrected chi connectivity index (χ2v) is 4.45.